The highest BCUT2D eigenvalue weighted by molar-refractivity contribution is 8.74. The molecule has 0 fully saturated rings. The fourth-order valence-electron chi connectivity index (χ4n) is 1.39. The molecule has 3 N–H and O–H groups in total. The summed E-state index contributed by atoms with van der Waals surface area (Å²) in [6.45, 7) is 0. The monoisotopic (exact) mass is 223 g/mol. The van der Waals surface area contributed by atoms with Crippen LogP contribution in [0.4, 0.5) is 5.69 Å². The third kappa shape index (κ3) is 1.68. The van der Waals surface area contributed by atoms with Crippen molar-refractivity contribution in [1.82, 2.24) is 0 Å². The third-order valence-corrected chi connectivity index (χ3v) is 3.43. The molecule has 72 valence electrons. The van der Waals surface area contributed by atoms with E-state index in [1.165, 1.54) is 10.8 Å². The van der Waals surface area contributed by atoms with Gasteiger partial charge in [0, 0.05) is 10.3 Å². The Morgan fingerprint density at radius 1 is 1.07 bits per heavy atom. The number of hydrogen-bond donors (Lipinski definition) is 2. The van der Waals surface area contributed by atoms with Gasteiger partial charge in [0.1, 0.15) is 0 Å². The number of nitrogen functional groups attached to an aromatic ring is 1. The Morgan fingerprint density at radius 2 is 1.86 bits per heavy atom. The molecule has 0 saturated carbocycles. The van der Waals surface area contributed by atoms with E-state index in [1.807, 2.05) is 36.4 Å². The molecule has 0 atom stereocenters. The van der Waals surface area contributed by atoms with E-state index in [0.29, 0.717) is 11.1 Å². The maximum Gasteiger partial charge on any atom is 0.0647 e. The van der Waals surface area contributed by atoms with Crippen LogP contribution in [0.15, 0.2) is 41.3 Å². The molecule has 14 heavy (non-hydrogen) atoms. The van der Waals surface area contributed by atoms with Crippen molar-refractivity contribution in [3.8, 4) is 0 Å². The summed E-state index contributed by atoms with van der Waals surface area (Å²) in [7, 11) is 1.26. The number of benzene rings is 2. The molecular weight excluding hydrogens is 214 g/mol. The lowest BCUT2D eigenvalue weighted by Crippen LogP contribution is -1.89. The average Bonchev–Trinajstić information content (AvgIpc) is 2.23. The van der Waals surface area contributed by atoms with E-state index >= 15 is 0 Å². The molecule has 0 saturated heterocycles. The molecule has 0 heterocycles. The predicted molar refractivity (Wildman–Crippen MR) is 64.4 cm³/mol. The number of fused-ring (bicyclic) bond motifs is 1. The van der Waals surface area contributed by atoms with E-state index in [4.69, 9.17) is 10.3 Å². The van der Waals surface area contributed by atoms with E-state index in [9.17, 15) is 0 Å². The molecule has 2 nitrogen and oxygen atoms in total. The molecule has 2 aromatic carbocycles. The van der Waals surface area contributed by atoms with E-state index in [2.05, 4.69) is 0 Å². The van der Waals surface area contributed by atoms with Crippen LogP contribution in [0.3, 0.4) is 0 Å². The van der Waals surface area contributed by atoms with Crippen LogP contribution in [0, 0.1) is 0 Å². The second kappa shape index (κ2) is 4.13. The first-order valence-corrected chi connectivity index (χ1v) is 6.19. The summed E-state index contributed by atoms with van der Waals surface area (Å²) >= 11 is 0.714. The van der Waals surface area contributed by atoms with Gasteiger partial charge < -0.3 is 10.3 Å². The summed E-state index contributed by atoms with van der Waals surface area (Å²) in [4.78, 5) is 0.899. The van der Waals surface area contributed by atoms with Crippen molar-refractivity contribution < 1.29 is 4.55 Å². The number of nitrogens with two attached hydrogens (primary N) is 1. The Morgan fingerprint density at radius 3 is 2.64 bits per heavy atom. The van der Waals surface area contributed by atoms with Crippen LogP contribution in [0.5, 0.6) is 0 Å². The molecule has 0 aliphatic rings. The van der Waals surface area contributed by atoms with Gasteiger partial charge in [-0.2, -0.15) is 0 Å². The van der Waals surface area contributed by atoms with E-state index in [0.717, 1.165) is 21.4 Å². The minimum atomic E-state index is 0.714. The molecule has 0 radical (unpaired) electrons. The summed E-state index contributed by atoms with van der Waals surface area (Å²) < 4.78 is 8.74. The number of hydrogen-bond acceptors (Lipinski definition) is 4. The zero-order valence-corrected chi connectivity index (χ0v) is 8.94. The van der Waals surface area contributed by atoms with Crippen molar-refractivity contribution in [2.24, 2.45) is 0 Å². The highest BCUT2D eigenvalue weighted by Crippen LogP contribution is 2.36. The van der Waals surface area contributed by atoms with E-state index < -0.39 is 0 Å². The summed E-state index contributed by atoms with van der Waals surface area (Å²) in [5.41, 5.74) is 6.69. The lowest BCUT2D eigenvalue weighted by atomic mass is 10.1. The molecule has 0 unspecified atom stereocenters. The molecule has 2 rings (SSSR count). The van der Waals surface area contributed by atoms with Gasteiger partial charge in [0.2, 0.25) is 0 Å². The fourth-order valence-corrected chi connectivity index (χ4v) is 2.47. The van der Waals surface area contributed by atoms with Gasteiger partial charge in [0.15, 0.2) is 0 Å². The van der Waals surface area contributed by atoms with Crippen molar-refractivity contribution in [3.63, 3.8) is 0 Å². The van der Waals surface area contributed by atoms with Gasteiger partial charge in [-0.05, 0) is 22.2 Å². The maximum atomic E-state index is 8.74. The maximum absolute atomic E-state index is 8.74. The minimum Gasteiger partial charge on any atom is -0.397 e. The first kappa shape index (κ1) is 9.71. The molecule has 0 amide bonds. The third-order valence-electron chi connectivity index (χ3n) is 2.06. The van der Waals surface area contributed by atoms with Gasteiger partial charge in [-0.1, -0.05) is 30.3 Å². The van der Waals surface area contributed by atoms with Gasteiger partial charge in [-0.3, -0.25) is 0 Å². The van der Waals surface area contributed by atoms with Gasteiger partial charge in [0.25, 0.3) is 0 Å². The molecule has 0 aliphatic heterocycles. The topological polar surface area (TPSA) is 46.2 Å². The summed E-state index contributed by atoms with van der Waals surface area (Å²) in [5, 5.41) is 2.16. The second-order valence-electron chi connectivity index (χ2n) is 2.86. The minimum absolute atomic E-state index is 0.714. The Hall–Kier alpha value is -0.840. The first-order valence-electron chi connectivity index (χ1n) is 4.08. The van der Waals surface area contributed by atoms with Gasteiger partial charge in [0.05, 0.1) is 16.8 Å². The molecule has 2 aromatic rings. The van der Waals surface area contributed by atoms with Gasteiger partial charge in [-0.15, -0.1) is 0 Å². The molecular formula is C10H9NOS2. The van der Waals surface area contributed by atoms with Crippen molar-refractivity contribution in [3.05, 3.63) is 36.4 Å². The second-order valence-corrected chi connectivity index (χ2v) is 4.56. The highest BCUT2D eigenvalue weighted by Gasteiger charge is 2.03. The standard InChI is InChI=1S/C10H9NOS2/c11-10-8-4-2-1-3-7(8)5-6-9(10)13-14-12/h1-6,12H,11H2. The number of rotatable bonds is 2. The van der Waals surface area contributed by atoms with Crippen molar-refractivity contribution in [2.45, 2.75) is 4.90 Å². The van der Waals surface area contributed by atoms with Crippen LogP contribution < -0.4 is 5.73 Å². The number of anilines is 1. The first-order chi connectivity index (χ1) is 6.83. The molecule has 0 bridgehead atoms. The van der Waals surface area contributed by atoms with E-state index in [-0.39, 0.29) is 0 Å². The van der Waals surface area contributed by atoms with Crippen LogP contribution in [0.25, 0.3) is 10.8 Å². The van der Waals surface area contributed by atoms with Crippen LogP contribution in [0.2, 0.25) is 0 Å². The smallest absolute Gasteiger partial charge is 0.0647 e. The van der Waals surface area contributed by atoms with Crippen LogP contribution in [-0.2, 0) is 0 Å². The Labute approximate surface area is 90.1 Å². The predicted octanol–water partition coefficient (Wildman–Crippen LogP) is 3.64. The van der Waals surface area contributed by atoms with Crippen LogP contribution >= 0.6 is 21.9 Å². The Bertz CT molecular complexity index is 459. The quantitative estimate of drug-likeness (QED) is 0.463. The summed E-state index contributed by atoms with van der Waals surface area (Å²) in [6.07, 6.45) is 0. The molecule has 0 spiro atoms. The lowest BCUT2D eigenvalue weighted by Gasteiger charge is -2.06. The SMILES string of the molecule is Nc1c(SSO)ccc2ccccc12. The summed E-state index contributed by atoms with van der Waals surface area (Å²) in [5.74, 6) is 0. The molecule has 0 aromatic heterocycles. The van der Waals surface area contributed by atoms with Crippen LogP contribution in [-0.4, -0.2) is 4.55 Å². The van der Waals surface area contributed by atoms with E-state index in [1.54, 1.807) is 0 Å². The largest absolute Gasteiger partial charge is 0.397 e. The average molecular weight is 223 g/mol. The van der Waals surface area contributed by atoms with Crippen molar-refractivity contribution >= 4 is 38.3 Å². The van der Waals surface area contributed by atoms with Gasteiger partial charge in [-0.25, -0.2) is 0 Å². The molecule has 0 aliphatic carbocycles. The Balaban J connectivity index is 2.63. The zero-order chi connectivity index (χ0) is 9.97. The fraction of sp³-hybridized carbons (Fsp3) is 0. The van der Waals surface area contributed by atoms with Crippen LogP contribution in [0.1, 0.15) is 0 Å². The normalized spacial score (nSPS) is 10.6. The highest BCUT2D eigenvalue weighted by atomic mass is 33.1. The van der Waals surface area contributed by atoms with Gasteiger partial charge >= 0.3 is 0 Å². The van der Waals surface area contributed by atoms with Crippen molar-refractivity contribution in [1.29, 1.82) is 0 Å². The summed E-state index contributed by atoms with van der Waals surface area (Å²) in [6, 6.07) is 11.9. The zero-order valence-electron chi connectivity index (χ0n) is 7.31. The molecule has 4 heteroatoms. The van der Waals surface area contributed by atoms with Crippen molar-refractivity contribution in [2.75, 3.05) is 5.73 Å². The lowest BCUT2D eigenvalue weighted by molar-refractivity contribution is 0.676. The Kier molecular flexibility index (Phi) is 2.86.